The second-order valence-electron chi connectivity index (χ2n) is 3.11. The molecular formula is C11H9F2N3O2S. The number of nitrogens with zero attached hydrogens (tertiary/aromatic N) is 2. The number of carbonyl (C=O) groups excluding carboxylic acids is 1. The van der Waals surface area contributed by atoms with E-state index in [4.69, 9.17) is 5.26 Å². The summed E-state index contributed by atoms with van der Waals surface area (Å²) in [6.45, 7) is 0. The standard InChI is InChI=1S/C11H9F2N3O2S/c1-18-10(17)6-3-4-7(12)8(13)9(6)16-11(19-2)15-5-14/h3-4H,1-2H3,(H,15,16). The lowest BCUT2D eigenvalue weighted by atomic mass is 10.1. The molecule has 5 nitrogen and oxygen atoms in total. The van der Waals surface area contributed by atoms with Crippen molar-refractivity contribution in [3.63, 3.8) is 0 Å². The molecule has 0 heterocycles. The SMILES string of the molecule is COC(=O)c1ccc(F)c(F)c1N=C(NC#N)SC. The first-order valence-corrected chi connectivity index (χ1v) is 6.11. The van der Waals surface area contributed by atoms with Crippen LogP contribution >= 0.6 is 11.8 Å². The molecule has 1 aromatic carbocycles. The molecule has 8 heteroatoms. The van der Waals surface area contributed by atoms with Crippen LogP contribution in [0.25, 0.3) is 0 Å². The van der Waals surface area contributed by atoms with Gasteiger partial charge in [-0.15, -0.1) is 0 Å². The van der Waals surface area contributed by atoms with Gasteiger partial charge in [-0.05, 0) is 18.4 Å². The minimum atomic E-state index is -1.28. The average Bonchev–Trinajstić information content (AvgIpc) is 2.42. The van der Waals surface area contributed by atoms with Crippen molar-refractivity contribution in [1.82, 2.24) is 5.32 Å². The molecule has 0 radical (unpaired) electrons. The number of benzene rings is 1. The molecule has 0 bridgehead atoms. The third-order valence-corrected chi connectivity index (χ3v) is 2.62. The van der Waals surface area contributed by atoms with Gasteiger partial charge in [-0.3, -0.25) is 5.32 Å². The maximum Gasteiger partial charge on any atom is 0.340 e. The second kappa shape index (κ2) is 6.70. The maximum absolute atomic E-state index is 13.7. The summed E-state index contributed by atoms with van der Waals surface area (Å²) < 4.78 is 31.3. The lowest BCUT2D eigenvalue weighted by Gasteiger charge is -2.07. The van der Waals surface area contributed by atoms with Crippen LogP contribution in [0.1, 0.15) is 10.4 Å². The molecule has 0 aliphatic heterocycles. The number of carbonyl (C=O) groups is 1. The Kier molecular flexibility index (Phi) is 5.26. The van der Waals surface area contributed by atoms with Crippen molar-refractivity contribution in [2.75, 3.05) is 13.4 Å². The molecule has 0 spiro atoms. The highest BCUT2D eigenvalue weighted by atomic mass is 32.2. The van der Waals surface area contributed by atoms with E-state index in [1.807, 2.05) is 0 Å². The maximum atomic E-state index is 13.7. The van der Waals surface area contributed by atoms with Gasteiger partial charge in [0.2, 0.25) is 0 Å². The van der Waals surface area contributed by atoms with Gasteiger partial charge >= 0.3 is 5.97 Å². The molecular weight excluding hydrogens is 276 g/mol. The van der Waals surface area contributed by atoms with Gasteiger partial charge < -0.3 is 4.74 Å². The van der Waals surface area contributed by atoms with E-state index in [1.165, 1.54) is 0 Å². The second-order valence-corrected chi connectivity index (χ2v) is 3.90. The first-order chi connectivity index (χ1) is 9.04. The van der Waals surface area contributed by atoms with Crippen LogP contribution < -0.4 is 5.32 Å². The summed E-state index contributed by atoms with van der Waals surface area (Å²) in [5.41, 5.74) is -0.744. The van der Waals surface area contributed by atoms with E-state index in [2.05, 4.69) is 15.0 Å². The van der Waals surface area contributed by atoms with Crippen LogP contribution in [0.3, 0.4) is 0 Å². The minimum absolute atomic E-state index is 0.0251. The number of hydrogen-bond acceptors (Lipinski definition) is 5. The van der Waals surface area contributed by atoms with Gasteiger partial charge in [0.25, 0.3) is 0 Å². The Balaban J connectivity index is 3.42. The first-order valence-electron chi connectivity index (χ1n) is 4.89. The van der Waals surface area contributed by atoms with Crippen LogP contribution in [0, 0.1) is 23.1 Å². The van der Waals surface area contributed by atoms with Crippen LogP contribution in [0.5, 0.6) is 0 Å². The van der Waals surface area contributed by atoms with E-state index in [0.717, 1.165) is 31.0 Å². The van der Waals surface area contributed by atoms with Crippen LogP contribution in [-0.4, -0.2) is 24.5 Å². The Labute approximate surface area is 112 Å². The Morgan fingerprint density at radius 2 is 2.21 bits per heavy atom. The molecule has 19 heavy (non-hydrogen) atoms. The predicted octanol–water partition coefficient (Wildman–Crippen LogP) is 2.17. The van der Waals surface area contributed by atoms with Gasteiger partial charge in [-0.2, -0.15) is 5.26 Å². The molecule has 100 valence electrons. The number of hydrogen-bond donors (Lipinski definition) is 1. The zero-order valence-electron chi connectivity index (χ0n) is 10.0. The molecule has 1 aromatic rings. The number of rotatable bonds is 2. The summed E-state index contributed by atoms with van der Waals surface area (Å²) in [4.78, 5) is 15.2. The Morgan fingerprint density at radius 1 is 1.53 bits per heavy atom. The molecule has 0 aliphatic rings. The predicted molar refractivity (Wildman–Crippen MR) is 67.1 cm³/mol. The van der Waals surface area contributed by atoms with E-state index in [1.54, 1.807) is 12.4 Å². The number of ether oxygens (including phenoxy) is 1. The van der Waals surface area contributed by atoms with Crippen molar-refractivity contribution in [3.8, 4) is 6.19 Å². The number of aliphatic imine (C=N–C) groups is 1. The summed E-state index contributed by atoms with van der Waals surface area (Å²) >= 11 is 1.01. The highest BCUT2D eigenvalue weighted by Crippen LogP contribution is 2.27. The number of halogens is 2. The number of thioether (sulfide) groups is 1. The van der Waals surface area contributed by atoms with Crippen molar-refractivity contribution in [1.29, 1.82) is 5.26 Å². The molecule has 0 aromatic heterocycles. The quantitative estimate of drug-likeness (QED) is 0.296. The molecule has 0 saturated carbocycles. The summed E-state index contributed by atoms with van der Waals surface area (Å²) in [7, 11) is 1.11. The number of nitrogens with one attached hydrogen (secondary N) is 1. The van der Waals surface area contributed by atoms with Crippen molar-refractivity contribution < 1.29 is 18.3 Å². The fourth-order valence-electron chi connectivity index (χ4n) is 1.20. The highest BCUT2D eigenvalue weighted by Gasteiger charge is 2.19. The smallest absolute Gasteiger partial charge is 0.340 e. The summed E-state index contributed by atoms with van der Waals surface area (Å²) in [6.07, 6.45) is 3.18. The average molecular weight is 285 g/mol. The Morgan fingerprint density at radius 3 is 2.74 bits per heavy atom. The van der Waals surface area contributed by atoms with Gasteiger partial charge in [0.15, 0.2) is 23.0 Å². The van der Waals surface area contributed by atoms with Crippen LogP contribution in [0.15, 0.2) is 17.1 Å². The molecule has 0 fully saturated rings. The summed E-state index contributed by atoms with van der Waals surface area (Å²) in [5.74, 6) is -3.28. The third kappa shape index (κ3) is 3.42. The highest BCUT2D eigenvalue weighted by molar-refractivity contribution is 8.13. The zero-order chi connectivity index (χ0) is 14.4. The number of esters is 1. The summed E-state index contributed by atoms with van der Waals surface area (Å²) in [5, 5.41) is 10.7. The van der Waals surface area contributed by atoms with Crippen molar-refractivity contribution >= 4 is 28.6 Å². The lowest BCUT2D eigenvalue weighted by Crippen LogP contribution is -2.13. The van der Waals surface area contributed by atoms with Gasteiger partial charge in [0.1, 0.15) is 5.69 Å². The van der Waals surface area contributed by atoms with Crippen LogP contribution in [0.4, 0.5) is 14.5 Å². The Bertz CT molecular complexity index is 570. The minimum Gasteiger partial charge on any atom is -0.465 e. The van der Waals surface area contributed by atoms with E-state index in [-0.39, 0.29) is 10.7 Å². The van der Waals surface area contributed by atoms with Crippen molar-refractivity contribution in [2.45, 2.75) is 0 Å². The van der Waals surface area contributed by atoms with Gasteiger partial charge in [-0.1, -0.05) is 11.8 Å². The number of nitriles is 1. The largest absolute Gasteiger partial charge is 0.465 e. The molecule has 1 N–H and O–H groups in total. The normalized spacial score (nSPS) is 10.8. The van der Waals surface area contributed by atoms with E-state index < -0.39 is 23.3 Å². The first kappa shape index (κ1) is 14.9. The van der Waals surface area contributed by atoms with E-state index >= 15 is 0 Å². The van der Waals surface area contributed by atoms with Crippen molar-refractivity contribution in [3.05, 3.63) is 29.3 Å². The molecule has 0 unspecified atom stereocenters. The summed E-state index contributed by atoms with van der Waals surface area (Å²) in [6, 6.07) is 1.87. The fourth-order valence-corrected chi connectivity index (χ4v) is 1.53. The van der Waals surface area contributed by atoms with Gasteiger partial charge in [0.05, 0.1) is 12.7 Å². The zero-order valence-corrected chi connectivity index (χ0v) is 10.8. The third-order valence-electron chi connectivity index (χ3n) is 2.04. The monoisotopic (exact) mass is 285 g/mol. The van der Waals surface area contributed by atoms with E-state index in [0.29, 0.717) is 0 Å². The molecule has 0 atom stereocenters. The van der Waals surface area contributed by atoms with Crippen LogP contribution in [-0.2, 0) is 4.74 Å². The molecule has 0 aliphatic carbocycles. The van der Waals surface area contributed by atoms with E-state index in [9.17, 15) is 13.6 Å². The number of methoxy groups -OCH3 is 1. The molecule has 0 amide bonds. The van der Waals surface area contributed by atoms with Gasteiger partial charge in [-0.25, -0.2) is 18.6 Å². The lowest BCUT2D eigenvalue weighted by molar-refractivity contribution is 0.0601. The fraction of sp³-hybridized carbons (Fsp3) is 0.182. The molecule has 1 rings (SSSR count). The van der Waals surface area contributed by atoms with Crippen molar-refractivity contribution in [2.24, 2.45) is 4.99 Å². The topological polar surface area (TPSA) is 74.5 Å². The van der Waals surface area contributed by atoms with Gasteiger partial charge in [0, 0.05) is 0 Å². The van der Waals surface area contributed by atoms with Crippen LogP contribution in [0.2, 0.25) is 0 Å². The number of amidine groups is 1. The Hall–Kier alpha value is -2.14. The molecule has 0 saturated heterocycles.